The largest absolute Gasteiger partial charge is 0.381 e. The molecule has 2 heterocycles. The smallest absolute Gasteiger partial charge is 0.314 e. The molecule has 24 heavy (non-hydrogen) atoms. The SMILES string of the molecule is O=C(NCC1CCCO1)NCC1(c2ccc(F)cc2)CCOCC1. The maximum Gasteiger partial charge on any atom is 0.314 e. The molecule has 1 aromatic carbocycles. The molecular weight excluding hydrogens is 311 g/mol. The van der Waals surface area contributed by atoms with Crippen LogP contribution in [0.5, 0.6) is 0 Å². The Labute approximate surface area is 141 Å². The van der Waals surface area contributed by atoms with Crippen LogP contribution in [-0.4, -0.2) is 45.0 Å². The summed E-state index contributed by atoms with van der Waals surface area (Å²) in [6.45, 7) is 3.13. The predicted octanol–water partition coefficient (Wildman–Crippen LogP) is 2.35. The Morgan fingerprint density at radius 2 is 1.92 bits per heavy atom. The molecule has 2 aliphatic heterocycles. The first-order valence-electron chi connectivity index (χ1n) is 8.65. The Kier molecular flexibility index (Phi) is 5.68. The van der Waals surface area contributed by atoms with Crippen LogP contribution in [0.3, 0.4) is 0 Å². The number of urea groups is 1. The van der Waals surface area contributed by atoms with Gasteiger partial charge >= 0.3 is 6.03 Å². The molecule has 5 nitrogen and oxygen atoms in total. The van der Waals surface area contributed by atoms with Crippen molar-refractivity contribution in [3.05, 3.63) is 35.6 Å². The van der Waals surface area contributed by atoms with E-state index in [9.17, 15) is 9.18 Å². The lowest BCUT2D eigenvalue weighted by Crippen LogP contribution is -2.48. The van der Waals surface area contributed by atoms with Crippen LogP contribution in [0.2, 0.25) is 0 Å². The Morgan fingerprint density at radius 3 is 2.58 bits per heavy atom. The van der Waals surface area contributed by atoms with Gasteiger partial charge in [-0.2, -0.15) is 0 Å². The number of hydrogen-bond acceptors (Lipinski definition) is 3. The number of ether oxygens (including phenoxy) is 2. The first-order chi connectivity index (χ1) is 11.7. The topological polar surface area (TPSA) is 59.6 Å². The van der Waals surface area contributed by atoms with Crippen molar-refractivity contribution in [1.29, 1.82) is 0 Å². The first-order valence-corrected chi connectivity index (χ1v) is 8.65. The summed E-state index contributed by atoms with van der Waals surface area (Å²) in [6, 6.07) is 6.39. The van der Waals surface area contributed by atoms with Crippen LogP contribution in [0.1, 0.15) is 31.2 Å². The Bertz CT molecular complexity index is 538. The highest BCUT2D eigenvalue weighted by Crippen LogP contribution is 2.34. The summed E-state index contributed by atoms with van der Waals surface area (Å²) in [4.78, 5) is 12.1. The number of amides is 2. The van der Waals surface area contributed by atoms with Crippen LogP contribution in [-0.2, 0) is 14.9 Å². The predicted molar refractivity (Wildman–Crippen MR) is 88.5 cm³/mol. The third kappa shape index (κ3) is 4.24. The van der Waals surface area contributed by atoms with Gasteiger partial charge < -0.3 is 20.1 Å². The molecule has 0 saturated carbocycles. The zero-order chi connectivity index (χ0) is 16.8. The summed E-state index contributed by atoms with van der Waals surface area (Å²) >= 11 is 0. The number of hydrogen-bond donors (Lipinski definition) is 2. The lowest BCUT2D eigenvalue weighted by Gasteiger charge is -2.38. The van der Waals surface area contributed by atoms with Crippen LogP contribution in [0.15, 0.2) is 24.3 Å². The van der Waals surface area contributed by atoms with Crippen molar-refractivity contribution in [2.45, 2.75) is 37.2 Å². The van der Waals surface area contributed by atoms with Crippen LogP contribution in [0.25, 0.3) is 0 Å². The highest BCUT2D eigenvalue weighted by Gasteiger charge is 2.35. The number of benzene rings is 1. The molecule has 0 spiro atoms. The average Bonchev–Trinajstić information content (AvgIpc) is 3.13. The van der Waals surface area contributed by atoms with Crippen molar-refractivity contribution < 1.29 is 18.7 Å². The van der Waals surface area contributed by atoms with Gasteiger partial charge in [-0.15, -0.1) is 0 Å². The molecule has 0 aromatic heterocycles. The maximum atomic E-state index is 13.2. The summed E-state index contributed by atoms with van der Waals surface area (Å²) in [5, 5.41) is 5.85. The zero-order valence-electron chi connectivity index (χ0n) is 13.9. The van der Waals surface area contributed by atoms with Gasteiger partial charge in [0.1, 0.15) is 5.82 Å². The summed E-state index contributed by atoms with van der Waals surface area (Å²) in [5.74, 6) is -0.247. The van der Waals surface area contributed by atoms with E-state index in [4.69, 9.17) is 9.47 Å². The van der Waals surface area contributed by atoms with E-state index in [1.165, 1.54) is 12.1 Å². The van der Waals surface area contributed by atoms with Gasteiger partial charge in [-0.3, -0.25) is 0 Å². The van der Waals surface area contributed by atoms with Crippen LogP contribution < -0.4 is 10.6 Å². The first kappa shape index (κ1) is 17.2. The molecule has 2 saturated heterocycles. The van der Waals surface area contributed by atoms with E-state index in [1.54, 1.807) is 0 Å². The molecule has 3 rings (SSSR count). The quantitative estimate of drug-likeness (QED) is 0.868. The summed E-state index contributed by atoms with van der Waals surface area (Å²) in [7, 11) is 0. The van der Waals surface area contributed by atoms with Crippen molar-refractivity contribution in [1.82, 2.24) is 10.6 Å². The molecule has 0 bridgehead atoms. The Morgan fingerprint density at radius 1 is 1.17 bits per heavy atom. The van der Waals surface area contributed by atoms with Crippen molar-refractivity contribution >= 4 is 6.03 Å². The minimum Gasteiger partial charge on any atom is -0.381 e. The lowest BCUT2D eigenvalue weighted by atomic mass is 9.74. The van der Waals surface area contributed by atoms with Gasteiger partial charge in [0.05, 0.1) is 6.10 Å². The molecule has 1 unspecified atom stereocenters. The molecule has 0 radical (unpaired) electrons. The van der Waals surface area contributed by atoms with E-state index < -0.39 is 0 Å². The maximum absolute atomic E-state index is 13.2. The molecule has 2 aliphatic rings. The molecule has 132 valence electrons. The van der Waals surface area contributed by atoms with Crippen LogP contribution in [0.4, 0.5) is 9.18 Å². The van der Waals surface area contributed by atoms with Gasteiger partial charge in [-0.05, 0) is 43.4 Å². The van der Waals surface area contributed by atoms with Gasteiger partial charge in [-0.1, -0.05) is 12.1 Å². The monoisotopic (exact) mass is 336 g/mol. The number of rotatable bonds is 5. The second-order valence-electron chi connectivity index (χ2n) is 6.60. The van der Waals surface area contributed by atoms with Gasteiger partial charge in [-0.25, -0.2) is 9.18 Å². The fourth-order valence-electron chi connectivity index (χ4n) is 3.46. The Hall–Kier alpha value is -1.66. The van der Waals surface area contributed by atoms with Crippen LogP contribution >= 0.6 is 0 Å². The second-order valence-corrected chi connectivity index (χ2v) is 6.60. The number of halogens is 1. The number of carbonyl (C=O) groups excluding carboxylic acids is 1. The zero-order valence-corrected chi connectivity index (χ0v) is 13.9. The van der Waals surface area contributed by atoms with Gasteiger partial charge in [0.15, 0.2) is 0 Å². The molecule has 0 aliphatic carbocycles. The van der Waals surface area contributed by atoms with Gasteiger partial charge in [0.25, 0.3) is 0 Å². The van der Waals surface area contributed by atoms with E-state index in [0.717, 1.165) is 37.9 Å². The minimum atomic E-state index is -0.247. The third-order valence-corrected chi connectivity index (χ3v) is 5.01. The Balaban J connectivity index is 1.57. The molecule has 2 amide bonds. The van der Waals surface area contributed by atoms with Crippen LogP contribution in [0, 0.1) is 5.82 Å². The molecule has 2 N–H and O–H groups in total. The summed E-state index contributed by atoms with van der Waals surface area (Å²) in [5.41, 5.74) is 0.847. The van der Waals surface area contributed by atoms with Crippen molar-refractivity contribution in [2.24, 2.45) is 0 Å². The molecule has 6 heteroatoms. The standard InChI is InChI=1S/C18H25FN2O3/c19-15-5-3-14(4-6-15)18(7-10-23-11-8-18)13-21-17(22)20-12-16-2-1-9-24-16/h3-6,16H,1-2,7-13H2,(H2,20,21,22). The van der Waals surface area contributed by atoms with E-state index >= 15 is 0 Å². The van der Waals surface area contributed by atoms with Crippen molar-refractivity contribution in [3.8, 4) is 0 Å². The highest BCUT2D eigenvalue weighted by atomic mass is 19.1. The van der Waals surface area contributed by atoms with Crippen molar-refractivity contribution in [2.75, 3.05) is 32.9 Å². The van der Waals surface area contributed by atoms with Crippen molar-refractivity contribution in [3.63, 3.8) is 0 Å². The summed E-state index contributed by atoms with van der Waals surface area (Å²) < 4.78 is 24.2. The lowest BCUT2D eigenvalue weighted by molar-refractivity contribution is 0.0506. The normalized spacial score (nSPS) is 23.0. The minimum absolute atomic E-state index is 0.130. The fraction of sp³-hybridized carbons (Fsp3) is 0.611. The highest BCUT2D eigenvalue weighted by molar-refractivity contribution is 5.74. The molecule has 2 fully saturated rings. The van der Waals surface area contributed by atoms with E-state index in [-0.39, 0.29) is 23.4 Å². The van der Waals surface area contributed by atoms with E-state index in [2.05, 4.69) is 10.6 Å². The fourth-order valence-corrected chi connectivity index (χ4v) is 3.46. The second kappa shape index (κ2) is 7.94. The number of carbonyl (C=O) groups is 1. The molecular formula is C18H25FN2O3. The molecule has 1 atom stereocenters. The summed E-state index contributed by atoms with van der Waals surface area (Å²) in [6.07, 6.45) is 3.80. The third-order valence-electron chi connectivity index (χ3n) is 5.01. The number of nitrogens with one attached hydrogen (secondary N) is 2. The van der Waals surface area contributed by atoms with Gasteiger partial charge in [0, 0.05) is 38.3 Å². The van der Waals surface area contributed by atoms with E-state index in [1.807, 2.05) is 12.1 Å². The van der Waals surface area contributed by atoms with E-state index in [0.29, 0.717) is 26.3 Å². The molecule has 1 aromatic rings. The van der Waals surface area contributed by atoms with Gasteiger partial charge in [0.2, 0.25) is 0 Å². The average molecular weight is 336 g/mol.